The van der Waals surface area contributed by atoms with E-state index in [1.807, 2.05) is 0 Å². The van der Waals surface area contributed by atoms with Crippen LogP contribution in [-0.2, 0) is 4.74 Å². The van der Waals surface area contributed by atoms with Crippen molar-refractivity contribution in [2.24, 2.45) is 0 Å². The quantitative estimate of drug-likeness (QED) is 0.573. The second kappa shape index (κ2) is 7.26. The Balaban J connectivity index is 1.86. The Labute approximate surface area is 80.4 Å². The fourth-order valence-electron chi connectivity index (χ4n) is 1.47. The van der Waals surface area contributed by atoms with Crippen LogP contribution >= 0.6 is 0 Å². The van der Waals surface area contributed by atoms with Gasteiger partial charge in [-0.15, -0.1) is 0 Å². The van der Waals surface area contributed by atoms with Gasteiger partial charge in [-0.3, -0.25) is 10.6 Å². The van der Waals surface area contributed by atoms with Gasteiger partial charge < -0.3 is 10.1 Å². The van der Waals surface area contributed by atoms with Crippen molar-refractivity contribution in [2.45, 2.75) is 6.42 Å². The molecule has 13 heavy (non-hydrogen) atoms. The van der Waals surface area contributed by atoms with Gasteiger partial charge in [0.1, 0.15) is 0 Å². The van der Waals surface area contributed by atoms with Crippen LogP contribution in [0.2, 0.25) is 0 Å². The molecular formula is C9H20N3O. The van der Waals surface area contributed by atoms with Gasteiger partial charge in [-0.1, -0.05) is 0 Å². The zero-order valence-electron chi connectivity index (χ0n) is 8.22. The molecule has 2 N–H and O–H groups in total. The Bertz CT molecular complexity index is 115. The van der Waals surface area contributed by atoms with Crippen molar-refractivity contribution < 1.29 is 4.74 Å². The van der Waals surface area contributed by atoms with Crippen LogP contribution in [0.1, 0.15) is 6.42 Å². The summed E-state index contributed by atoms with van der Waals surface area (Å²) < 4.78 is 5.26. The van der Waals surface area contributed by atoms with Gasteiger partial charge in [0.15, 0.2) is 0 Å². The lowest BCUT2D eigenvalue weighted by Gasteiger charge is -2.26. The van der Waals surface area contributed by atoms with Crippen molar-refractivity contribution in [2.75, 3.05) is 52.5 Å². The maximum atomic E-state index is 6.94. The highest BCUT2D eigenvalue weighted by molar-refractivity contribution is 4.62. The topological polar surface area (TPSA) is 48.3 Å². The summed E-state index contributed by atoms with van der Waals surface area (Å²) in [5, 5.41) is 3.23. The second-order valence-corrected chi connectivity index (χ2v) is 3.31. The van der Waals surface area contributed by atoms with Crippen molar-refractivity contribution in [1.82, 2.24) is 16.0 Å². The number of ether oxygens (including phenoxy) is 1. The number of nitrogens with zero attached hydrogens (tertiary/aromatic N) is 1. The first kappa shape index (κ1) is 10.9. The second-order valence-electron chi connectivity index (χ2n) is 3.31. The molecule has 0 amide bonds. The monoisotopic (exact) mass is 186 g/mol. The molecule has 1 fully saturated rings. The average molecular weight is 186 g/mol. The van der Waals surface area contributed by atoms with E-state index in [9.17, 15) is 0 Å². The average Bonchev–Trinajstić information content (AvgIpc) is 2.19. The maximum Gasteiger partial charge on any atom is 0.0594 e. The van der Waals surface area contributed by atoms with E-state index >= 15 is 0 Å². The predicted octanol–water partition coefficient (Wildman–Crippen LogP) is -0.419. The van der Waals surface area contributed by atoms with E-state index in [0.29, 0.717) is 6.54 Å². The number of hydrogen-bond donors (Lipinski definition) is 1. The van der Waals surface area contributed by atoms with Crippen molar-refractivity contribution >= 4 is 0 Å². The minimum absolute atomic E-state index is 0.484. The molecular weight excluding hydrogens is 166 g/mol. The normalized spacial score (nSPS) is 19.2. The van der Waals surface area contributed by atoms with Crippen LogP contribution in [0.4, 0.5) is 0 Å². The summed E-state index contributed by atoms with van der Waals surface area (Å²) in [6, 6.07) is 0. The Morgan fingerprint density at radius 2 is 2.00 bits per heavy atom. The van der Waals surface area contributed by atoms with Crippen molar-refractivity contribution in [3.8, 4) is 0 Å². The summed E-state index contributed by atoms with van der Waals surface area (Å²) in [5.41, 5.74) is 6.94. The largest absolute Gasteiger partial charge is 0.379 e. The van der Waals surface area contributed by atoms with Gasteiger partial charge in [-0.2, -0.15) is 0 Å². The number of hydrogen-bond acceptors (Lipinski definition) is 3. The summed E-state index contributed by atoms with van der Waals surface area (Å²) in [4.78, 5) is 2.44. The Kier molecular flexibility index (Phi) is 6.10. The van der Waals surface area contributed by atoms with Gasteiger partial charge in [0.25, 0.3) is 0 Å². The maximum absolute atomic E-state index is 6.94. The van der Waals surface area contributed by atoms with Crippen LogP contribution in [0.15, 0.2) is 0 Å². The molecule has 1 saturated heterocycles. The van der Waals surface area contributed by atoms with E-state index in [-0.39, 0.29) is 0 Å². The first-order valence-corrected chi connectivity index (χ1v) is 5.09. The van der Waals surface area contributed by atoms with Crippen LogP contribution in [0.3, 0.4) is 0 Å². The fraction of sp³-hybridized carbons (Fsp3) is 1.00. The molecule has 1 heterocycles. The number of morpholine rings is 1. The molecule has 4 heteroatoms. The standard InChI is InChI=1S/C9H20N3O/c10-2-4-11-3-1-5-12-6-8-13-9-7-12/h10-11H,1-9H2. The molecule has 77 valence electrons. The van der Waals surface area contributed by atoms with Crippen LogP contribution in [-0.4, -0.2) is 57.4 Å². The van der Waals surface area contributed by atoms with Gasteiger partial charge in [-0.05, 0) is 19.5 Å². The summed E-state index contributed by atoms with van der Waals surface area (Å²) in [7, 11) is 0. The number of rotatable bonds is 6. The van der Waals surface area contributed by atoms with Crippen molar-refractivity contribution in [3.63, 3.8) is 0 Å². The summed E-state index contributed by atoms with van der Waals surface area (Å²) >= 11 is 0. The summed E-state index contributed by atoms with van der Waals surface area (Å²) in [5.74, 6) is 0. The molecule has 1 radical (unpaired) electrons. The molecule has 1 rings (SSSR count). The van der Waals surface area contributed by atoms with Crippen LogP contribution in [0.5, 0.6) is 0 Å². The minimum Gasteiger partial charge on any atom is -0.379 e. The molecule has 0 bridgehead atoms. The molecule has 0 aromatic rings. The highest BCUT2D eigenvalue weighted by atomic mass is 16.5. The first-order valence-electron chi connectivity index (χ1n) is 5.09. The molecule has 0 unspecified atom stereocenters. The van der Waals surface area contributed by atoms with E-state index in [4.69, 9.17) is 10.5 Å². The van der Waals surface area contributed by atoms with Crippen LogP contribution in [0, 0.1) is 0 Å². The molecule has 1 aliphatic heterocycles. The molecule has 0 spiro atoms. The fourth-order valence-corrected chi connectivity index (χ4v) is 1.47. The smallest absolute Gasteiger partial charge is 0.0594 e. The molecule has 0 aliphatic carbocycles. The lowest BCUT2D eigenvalue weighted by Crippen LogP contribution is -2.37. The first-order chi connectivity index (χ1) is 6.43. The highest BCUT2D eigenvalue weighted by Crippen LogP contribution is 1.96. The van der Waals surface area contributed by atoms with E-state index in [0.717, 1.165) is 45.9 Å². The molecule has 0 aromatic heterocycles. The third-order valence-corrected chi connectivity index (χ3v) is 2.23. The van der Waals surface area contributed by atoms with Crippen LogP contribution < -0.4 is 11.1 Å². The molecule has 0 saturated carbocycles. The van der Waals surface area contributed by atoms with Gasteiger partial charge in [0.2, 0.25) is 0 Å². The minimum atomic E-state index is 0.484. The van der Waals surface area contributed by atoms with Crippen molar-refractivity contribution in [1.29, 1.82) is 0 Å². The van der Waals surface area contributed by atoms with Crippen molar-refractivity contribution in [3.05, 3.63) is 0 Å². The molecule has 4 nitrogen and oxygen atoms in total. The summed E-state index contributed by atoms with van der Waals surface area (Å²) in [6.07, 6.45) is 1.18. The van der Waals surface area contributed by atoms with E-state index < -0.39 is 0 Å². The SMILES string of the molecule is [NH]CCNCCCN1CCOCC1. The number of nitrogens with one attached hydrogen (secondary N) is 2. The zero-order valence-corrected chi connectivity index (χ0v) is 8.22. The Morgan fingerprint density at radius 1 is 1.23 bits per heavy atom. The van der Waals surface area contributed by atoms with Gasteiger partial charge in [0.05, 0.1) is 13.2 Å². The Hall–Kier alpha value is -0.160. The van der Waals surface area contributed by atoms with Gasteiger partial charge >= 0.3 is 0 Å². The van der Waals surface area contributed by atoms with E-state index in [1.165, 1.54) is 6.42 Å². The molecule has 1 aliphatic rings. The zero-order chi connectivity index (χ0) is 9.36. The molecule has 0 aromatic carbocycles. The third kappa shape index (κ3) is 5.21. The predicted molar refractivity (Wildman–Crippen MR) is 52.7 cm³/mol. The lowest BCUT2D eigenvalue weighted by molar-refractivity contribution is 0.0375. The van der Waals surface area contributed by atoms with Gasteiger partial charge in [-0.25, -0.2) is 0 Å². The third-order valence-electron chi connectivity index (χ3n) is 2.23. The Morgan fingerprint density at radius 3 is 2.69 bits per heavy atom. The van der Waals surface area contributed by atoms with E-state index in [1.54, 1.807) is 0 Å². The lowest BCUT2D eigenvalue weighted by atomic mass is 10.3. The van der Waals surface area contributed by atoms with E-state index in [2.05, 4.69) is 10.2 Å². The summed E-state index contributed by atoms with van der Waals surface area (Å²) in [6.45, 7) is 7.45. The van der Waals surface area contributed by atoms with Crippen LogP contribution in [0.25, 0.3) is 0 Å². The molecule has 0 atom stereocenters. The van der Waals surface area contributed by atoms with Gasteiger partial charge in [0, 0.05) is 26.2 Å². The highest BCUT2D eigenvalue weighted by Gasteiger charge is 2.08.